The van der Waals surface area contributed by atoms with E-state index in [0.29, 0.717) is 62.6 Å². The normalized spacial score (nSPS) is 20.9. The first kappa shape index (κ1) is 20.0. The van der Waals surface area contributed by atoms with Crippen LogP contribution in [0.1, 0.15) is 32.6 Å². The van der Waals surface area contributed by atoms with Gasteiger partial charge in [0.2, 0.25) is 11.8 Å². The molecule has 0 radical (unpaired) electrons. The smallest absolute Gasteiger partial charge is 0.306 e. The molecule has 2 aliphatic rings. The number of anilines is 1. The number of fused-ring (bicyclic) bond motifs is 1. The van der Waals surface area contributed by atoms with E-state index in [2.05, 4.69) is 5.32 Å². The molecule has 0 saturated heterocycles. The number of aliphatic carboxylic acids is 1. The molecule has 152 valence electrons. The third-order valence-electron chi connectivity index (χ3n) is 5.23. The quantitative estimate of drug-likeness (QED) is 0.771. The van der Waals surface area contributed by atoms with Crippen LogP contribution < -0.4 is 14.8 Å². The van der Waals surface area contributed by atoms with Crippen LogP contribution >= 0.6 is 0 Å². The van der Waals surface area contributed by atoms with E-state index in [-0.39, 0.29) is 24.3 Å². The number of amides is 2. The van der Waals surface area contributed by atoms with E-state index in [4.69, 9.17) is 9.47 Å². The number of ether oxygens (including phenoxy) is 2. The number of hydrogen-bond acceptors (Lipinski definition) is 5. The Kier molecular flexibility index (Phi) is 6.38. The first-order valence-corrected chi connectivity index (χ1v) is 9.69. The SMILES string of the molecule is CCN(CC(=O)Nc1ccc2c(c1)OCCO2)C(=O)C1CCCC(C(=O)O)C1. The van der Waals surface area contributed by atoms with Crippen LogP contribution in [-0.4, -0.2) is 54.1 Å². The van der Waals surface area contributed by atoms with Crippen LogP contribution in [0.15, 0.2) is 18.2 Å². The summed E-state index contributed by atoms with van der Waals surface area (Å²) in [6.45, 7) is 3.09. The summed E-state index contributed by atoms with van der Waals surface area (Å²) in [5, 5.41) is 12.0. The van der Waals surface area contributed by atoms with Crippen LogP contribution in [0.2, 0.25) is 0 Å². The highest BCUT2D eigenvalue weighted by atomic mass is 16.6. The molecule has 0 bridgehead atoms. The highest BCUT2D eigenvalue weighted by Crippen LogP contribution is 2.33. The van der Waals surface area contributed by atoms with Gasteiger partial charge in [0.15, 0.2) is 11.5 Å². The number of nitrogens with zero attached hydrogens (tertiary/aromatic N) is 1. The van der Waals surface area contributed by atoms with Crippen molar-refractivity contribution in [3.05, 3.63) is 18.2 Å². The summed E-state index contributed by atoms with van der Waals surface area (Å²) in [5.41, 5.74) is 0.571. The molecule has 1 heterocycles. The van der Waals surface area contributed by atoms with Gasteiger partial charge in [-0.15, -0.1) is 0 Å². The van der Waals surface area contributed by atoms with Gasteiger partial charge in [0.1, 0.15) is 13.2 Å². The molecule has 2 amide bonds. The summed E-state index contributed by atoms with van der Waals surface area (Å²) in [7, 11) is 0. The Labute approximate surface area is 163 Å². The number of carbonyl (C=O) groups excluding carboxylic acids is 2. The third-order valence-corrected chi connectivity index (χ3v) is 5.23. The Balaban J connectivity index is 1.58. The highest BCUT2D eigenvalue weighted by Gasteiger charge is 2.33. The summed E-state index contributed by atoms with van der Waals surface area (Å²) in [6, 6.07) is 5.16. The number of hydrogen-bond donors (Lipinski definition) is 2. The van der Waals surface area contributed by atoms with Crippen LogP contribution in [0, 0.1) is 11.8 Å². The fraction of sp³-hybridized carbons (Fsp3) is 0.550. The van der Waals surface area contributed by atoms with E-state index in [1.54, 1.807) is 18.2 Å². The zero-order valence-corrected chi connectivity index (χ0v) is 16.0. The maximum Gasteiger partial charge on any atom is 0.306 e. The molecule has 1 aliphatic carbocycles. The zero-order chi connectivity index (χ0) is 20.1. The number of carboxylic acids is 1. The van der Waals surface area contributed by atoms with Crippen molar-refractivity contribution in [3.63, 3.8) is 0 Å². The maximum atomic E-state index is 12.8. The first-order chi connectivity index (χ1) is 13.5. The van der Waals surface area contributed by atoms with Gasteiger partial charge in [0, 0.05) is 24.2 Å². The van der Waals surface area contributed by atoms with Crippen LogP contribution in [0.25, 0.3) is 0 Å². The second kappa shape index (κ2) is 8.95. The Hall–Kier alpha value is -2.77. The molecular weight excluding hydrogens is 364 g/mol. The van der Waals surface area contributed by atoms with Crippen molar-refractivity contribution in [2.45, 2.75) is 32.6 Å². The van der Waals surface area contributed by atoms with Gasteiger partial charge >= 0.3 is 5.97 Å². The minimum atomic E-state index is -0.850. The molecule has 1 fully saturated rings. The molecule has 8 heteroatoms. The number of rotatable bonds is 6. The lowest BCUT2D eigenvalue weighted by atomic mass is 9.80. The first-order valence-electron chi connectivity index (χ1n) is 9.69. The second-order valence-corrected chi connectivity index (χ2v) is 7.16. The van der Waals surface area contributed by atoms with Gasteiger partial charge in [-0.1, -0.05) is 6.42 Å². The van der Waals surface area contributed by atoms with Crippen LogP contribution in [-0.2, 0) is 14.4 Å². The standard InChI is InChI=1S/C20H26N2O6/c1-2-22(19(24)13-4-3-5-14(10-13)20(25)26)12-18(23)21-15-6-7-16-17(11-15)28-9-8-27-16/h6-7,11,13-14H,2-5,8-10,12H2,1H3,(H,21,23)(H,25,26). The largest absolute Gasteiger partial charge is 0.486 e. The zero-order valence-electron chi connectivity index (χ0n) is 16.0. The topological polar surface area (TPSA) is 105 Å². The van der Waals surface area contributed by atoms with Crippen molar-refractivity contribution < 1.29 is 29.0 Å². The molecule has 1 aromatic rings. The molecule has 0 aromatic heterocycles. The molecule has 1 saturated carbocycles. The minimum Gasteiger partial charge on any atom is -0.486 e. The third kappa shape index (κ3) is 4.74. The lowest BCUT2D eigenvalue weighted by molar-refractivity contribution is -0.146. The number of carbonyl (C=O) groups is 3. The Morgan fingerprint density at radius 2 is 1.86 bits per heavy atom. The van der Waals surface area contributed by atoms with E-state index in [1.165, 1.54) is 4.90 Å². The number of nitrogens with one attached hydrogen (secondary N) is 1. The predicted molar refractivity (Wildman–Crippen MR) is 101 cm³/mol. The predicted octanol–water partition coefficient (Wildman–Crippen LogP) is 2.14. The molecule has 2 unspecified atom stereocenters. The van der Waals surface area contributed by atoms with Gasteiger partial charge < -0.3 is 24.8 Å². The fourth-order valence-electron chi connectivity index (χ4n) is 3.74. The van der Waals surface area contributed by atoms with E-state index < -0.39 is 11.9 Å². The molecule has 28 heavy (non-hydrogen) atoms. The Bertz CT molecular complexity index is 750. The van der Waals surface area contributed by atoms with Gasteiger partial charge in [-0.2, -0.15) is 0 Å². The summed E-state index contributed by atoms with van der Waals surface area (Å²) in [6.07, 6.45) is 2.33. The summed E-state index contributed by atoms with van der Waals surface area (Å²) in [4.78, 5) is 38.0. The van der Waals surface area contributed by atoms with E-state index in [9.17, 15) is 19.5 Å². The monoisotopic (exact) mass is 390 g/mol. The van der Waals surface area contributed by atoms with E-state index >= 15 is 0 Å². The molecule has 3 rings (SSSR count). The molecular formula is C20H26N2O6. The Morgan fingerprint density at radius 3 is 2.57 bits per heavy atom. The highest BCUT2D eigenvalue weighted by molar-refractivity contribution is 5.95. The maximum absolute atomic E-state index is 12.8. The average Bonchev–Trinajstić information content (AvgIpc) is 2.71. The average molecular weight is 390 g/mol. The molecule has 2 atom stereocenters. The van der Waals surface area contributed by atoms with E-state index in [1.807, 2.05) is 6.92 Å². The lowest BCUT2D eigenvalue weighted by Crippen LogP contribution is -2.43. The minimum absolute atomic E-state index is 0.0714. The second-order valence-electron chi connectivity index (χ2n) is 7.16. The number of carboxylic acid groups (broad SMARTS) is 1. The molecule has 1 aromatic carbocycles. The number of benzene rings is 1. The molecule has 0 spiro atoms. The van der Waals surface area contributed by atoms with Gasteiger partial charge in [0.25, 0.3) is 0 Å². The van der Waals surface area contributed by atoms with E-state index in [0.717, 1.165) is 0 Å². The van der Waals surface area contributed by atoms with Gasteiger partial charge in [-0.05, 0) is 38.3 Å². The van der Waals surface area contributed by atoms with Crippen molar-refractivity contribution in [1.29, 1.82) is 0 Å². The van der Waals surface area contributed by atoms with Crippen LogP contribution in [0.5, 0.6) is 11.5 Å². The summed E-state index contributed by atoms with van der Waals surface area (Å²) < 4.78 is 11.0. The van der Waals surface area contributed by atoms with Crippen molar-refractivity contribution in [3.8, 4) is 11.5 Å². The van der Waals surface area contributed by atoms with Crippen molar-refractivity contribution >= 4 is 23.5 Å². The number of likely N-dealkylation sites (N-methyl/N-ethyl adjacent to an activating group) is 1. The van der Waals surface area contributed by atoms with Gasteiger partial charge in [-0.3, -0.25) is 14.4 Å². The van der Waals surface area contributed by atoms with Crippen molar-refractivity contribution in [2.75, 3.05) is 31.6 Å². The fourth-order valence-corrected chi connectivity index (χ4v) is 3.74. The van der Waals surface area contributed by atoms with Crippen LogP contribution in [0.3, 0.4) is 0 Å². The van der Waals surface area contributed by atoms with Crippen molar-refractivity contribution in [2.24, 2.45) is 11.8 Å². The van der Waals surface area contributed by atoms with Gasteiger partial charge in [0.05, 0.1) is 12.5 Å². The summed E-state index contributed by atoms with van der Waals surface area (Å²) >= 11 is 0. The Morgan fingerprint density at radius 1 is 1.14 bits per heavy atom. The summed E-state index contributed by atoms with van der Waals surface area (Å²) in [5.74, 6) is -0.903. The van der Waals surface area contributed by atoms with Crippen LogP contribution in [0.4, 0.5) is 5.69 Å². The van der Waals surface area contributed by atoms with Gasteiger partial charge in [-0.25, -0.2) is 0 Å². The molecule has 8 nitrogen and oxygen atoms in total. The molecule has 2 N–H and O–H groups in total. The lowest BCUT2D eigenvalue weighted by Gasteiger charge is -2.30. The molecule has 1 aliphatic heterocycles. The van der Waals surface area contributed by atoms with Crippen molar-refractivity contribution in [1.82, 2.24) is 4.90 Å².